The third kappa shape index (κ3) is 5.01. The molecule has 0 aliphatic rings. The van der Waals surface area contributed by atoms with E-state index in [0.29, 0.717) is 23.9 Å². The molecule has 3 aromatic rings. The Morgan fingerprint density at radius 2 is 2.14 bits per heavy atom. The van der Waals surface area contributed by atoms with Gasteiger partial charge in [0.15, 0.2) is 18.8 Å². The lowest BCUT2D eigenvalue weighted by molar-refractivity contribution is -0.907. The van der Waals surface area contributed by atoms with E-state index in [4.69, 9.17) is 8.83 Å². The molecule has 2 heterocycles. The predicted molar refractivity (Wildman–Crippen MR) is 98.4 cm³/mol. The van der Waals surface area contributed by atoms with E-state index in [9.17, 15) is 14.9 Å². The van der Waals surface area contributed by atoms with Gasteiger partial charge in [-0.2, -0.15) is 0 Å². The van der Waals surface area contributed by atoms with E-state index in [2.05, 4.69) is 15.5 Å². The van der Waals surface area contributed by atoms with Gasteiger partial charge in [0.25, 0.3) is 23.4 Å². The van der Waals surface area contributed by atoms with Crippen molar-refractivity contribution in [1.82, 2.24) is 10.2 Å². The number of amides is 1. The molecule has 2 aromatic heterocycles. The Kier molecular flexibility index (Phi) is 6.12. The van der Waals surface area contributed by atoms with Crippen LogP contribution in [0.1, 0.15) is 19.2 Å². The normalized spacial score (nSPS) is 11.9. The quantitative estimate of drug-likeness (QED) is 0.423. The number of benzene rings is 1. The van der Waals surface area contributed by atoms with Gasteiger partial charge in [0, 0.05) is 17.8 Å². The summed E-state index contributed by atoms with van der Waals surface area (Å²) in [6.07, 6.45) is 2.38. The zero-order chi connectivity index (χ0) is 19.9. The van der Waals surface area contributed by atoms with Gasteiger partial charge in [0.05, 0.1) is 17.7 Å². The van der Waals surface area contributed by atoms with Crippen molar-refractivity contribution in [2.24, 2.45) is 0 Å². The van der Waals surface area contributed by atoms with Gasteiger partial charge in [-0.05, 0) is 24.6 Å². The van der Waals surface area contributed by atoms with Gasteiger partial charge < -0.3 is 19.1 Å². The maximum absolute atomic E-state index is 12.4. The van der Waals surface area contributed by atoms with Gasteiger partial charge >= 0.3 is 0 Å². The topological polar surface area (TPSA) is 129 Å². The molecule has 10 nitrogen and oxygen atoms in total. The van der Waals surface area contributed by atoms with Crippen LogP contribution in [0, 0.1) is 10.1 Å². The second-order valence-electron chi connectivity index (χ2n) is 6.19. The van der Waals surface area contributed by atoms with Crippen LogP contribution < -0.4 is 10.2 Å². The lowest BCUT2D eigenvalue weighted by Gasteiger charge is -2.16. The fourth-order valence-corrected chi connectivity index (χ4v) is 2.76. The summed E-state index contributed by atoms with van der Waals surface area (Å²) in [7, 11) is 0. The molecule has 0 saturated carbocycles. The first-order valence-electron chi connectivity index (χ1n) is 8.79. The number of hydrogen-bond acceptors (Lipinski definition) is 7. The summed E-state index contributed by atoms with van der Waals surface area (Å²) in [6.45, 7) is 3.28. The Morgan fingerprint density at radius 1 is 1.29 bits per heavy atom. The maximum atomic E-state index is 12.4. The molecule has 1 atom stereocenters. The summed E-state index contributed by atoms with van der Waals surface area (Å²) >= 11 is 0. The fourth-order valence-electron chi connectivity index (χ4n) is 2.76. The van der Waals surface area contributed by atoms with Crippen LogP contribution in [0.5, 0.6) is 0 Å². The van der Waals surface area contributed by atoms with Crippen LogP contribution in [0.4, 0.5) is 11.4 Å². The molecule has 0 aliphatic heterocycles. The molecule has 0 bridgehead atoms. The third-order valence-electron chi connectivity index (χ3n) is 3.95. The second kappa shape index (κ2) is 8.91. The van der Waals surface area contributed by atoms with Crippen molar-refractivity contribution in [2.45, 2.75) is 19.9 Å². The number of aromatic nitrogens is 2. The first-order valence-corrected chi connectivity index (χ1v) is 8.79. The van der Waals surface area contributed by atoms with Gasteiger partial charge in [-0.25, -0.2) is 0 Å². The monoisotopic (exact) mass is 386 g/mol. The van der Waals surface area contributed by atoms with Crippen molar-refractivity contribution in [2.75, 3.05) is 18.4 Å². The molecule has 1 amide bonds. The first kappa shape index (κ1) is 19.2. The summed E-state index contributed by atoms with van der Waals surface area (Å²) in [4.78, 5) is 23.7. The molecule has 1 unspecified atom stereocenters. The van der Waals surface area contributed by atoms with Crippen LogP contribution >= 0.6 is 0 Å². The van der Waals surface area contributed by atoms with Crippen molar-refractivity contribution in [3.05, 3.63) is 58.7 Å². The molecular weight excluding hydrogens is 366 g/mol. The van der Waals surface area contributed by atoms with Crippen LogP contribution in [0.25, 0.3) is 11.7 Å². The van der Waals surface area contributed by atoms with E-state index in [1.54, 1.807) is 18.2 Å². The lowest BCUT2D eigenvalue weighted by atomic mass is 10.3. The number of nitro benzene ring substituents is 1. The Labute approximate surface area is 160 Å². The largest absolute Gasteiger partial charge is 0.459 e. The lowest BCUT2D eigenvalue weighted by Crippen LogP contribution is -3.11. The first-order chi connectivity index (χ1) is 13.5. The highest BCUT2D eigenvalue weighted by atomic mass is 16.6. The molecule has 28 heavy (non-hydrogen) atoms. The highest BCUT2D eigenvalue weighted by Crippen LogP contribution is 2.18. The maximum Gasteiger partial charge on any atom is 0.283 e. The second-order valence-corrected chi connectivity index (χ2v) is 6.19. The molecule has 1 aromatic carbocycles. The number of carbonyl (C=O) groups is 1. The Hall–Kier alpha value is -3.53. The minimum atomic E-state index is -0.503. The molecule has 3 rings (SSSR count). The number of anilines is 1. The van der Waals surface area contributed by atoms with Gasteiger partial charge in [0.2, 0.25) is 0 Å². The molecular formula is C18H20N5O5+. The minimum Gasteiger partial charge on any atom is -0.459 e. The van der Waals surface area contributed by atoms with E-state index in [1.807, 2.05) is 6.92 Å². The molecule has 146 valence electrons. The van der Waals surface area contributed by atoms with Crippen LogP contribution in [0.2, 0.25) is 0 Å². The number of non-ortho nitro benzene ring substituents is 1. The summed E-state index contributed by atoms with van der Waals surface area (Å²) in [5.74, 6) is 0.920. The van der Waals surface area contributed by atoms with E-state index >= 15 is 0 Å². The molecule has 2 N–H and O–H groups in total. The SMILES string of the molecule is CCC[NH+](CC(=O)Nc1cccc([N+](=O)[O-])c1)Cc1nnc(-c2ccco2)o1. The molecule has 10 heteroatoms. The molecule has 0 aliphatic carbocycles. The number of furan rings is 1. The fraction of sp³-hybridized carbons (Fsp3) is 0.278. The number of nitro groups is 1. The van der Waals surface area contributed by atoms with Crippen molar-refractivity contribution in [1.29, 1.82) is 0 Å². The predicted octanol–water partition coefficient (Wildman–Crippen LogP) is 1.67. The number of nitrogens with one attached hydrogen (secondary N) is 2. The summed E-state index contributed by atoms with van der Waals surface area (Å²) in [6, 6.07) is 9.28. The zero-order valence-corrected chi connectivity index (χ0v) is 15.3. The Morgan fingerprint density at radius 3 is 2.86 bits per heavy atom. The van der Waals surface area contributed by atoms with Crippen LogP contribution in [0.15, 0.2) is 51.5 Å². The number of quaternary nitrogens is 1. The standard InChI is InChI=1S/C18H19N5O5/c1-2-8-22(12-17-20-21-18(28-17)15-7-4-9-27-15)11-16(24)19-13-5-3-6-14(10-13)23(25)26/h3-7,9-10H,2,8,11-12H2,1H3,(H,19,24)/p+1. The van der Waals surface area contributed by atoms with E-state index in [1.165, 1.54) is 24.5 Å². The summed E-state index contributed by atoms with van der Waals surface area (Å²) in [5.41, 5.74) is 0.305. The average molecular weight is 386 g/mol. The smallest absolute Gasteiger partial charge is 0.283 e. The highest BCUT2D eigenvalue weighted by Gasteiger charge is 2.19. The van der Waals surface area contributed by atoms with Gasteiger partial charge in [-0.3, -0.25) is 14.9 Å². The summed E-state index contributed by atoms with van der Waals surface area (Å²) in [5, 5.41) is 21.5. The Balaban J connectivity index is 1.62. The number of hydrogen-bond donors (Lipinski definition) is 2. The van der Waals surface area contributed by atoms with Crippen molar-refractivity contribution >= 4 is 17.3 Å². The highest BCUT2D eigenvalue weighted by molar-refractivity contribution is 5.91. The van der Waals surface area contributed by atoms with Gasteiger partial charge in [-0.15, -0.1) is 10.2 Å². The summed E-state index contributed by atoms with van der Waals surface area (Å²) < 4.78 is 10.8. The Bertz CT molecular complexity index is 938. The van der Waals surface area contributed by atoms with E-state index in [-0.39, 0.29) is 24.0 Å². The zero-order valence-electron chi connectivity index (χ0n) is 15.3. The number of carbonyl (C=O) groups excluding carboxylic acids is 1. The van der Waals surface area contributed by atoms with Crippen LogP contribution in [-0.2, 0) is 11.3 Å². The van der Waals surface area contributed by atoms with Gasteiger partial charge in [0.1, 0.15) is 0 Å². The molecule has 0 spiro atoms. The molecule has 0 saturated heterocycles. The third-order valence-corrected chi connectivity index (χ3v) is 3.95. The van der Waals surface area contributed by atoms with Crippen molar-refractivity contribution < 1.29 is 23.5 Å². The van der Waals surface area contributed by atoms with Crippen molar-refractivity contribution in [3.8, 4) is 11.7 Å². The van der Waals surface area contributed by atoms with E-state index in [0.717, 1.165) is 17.9 Å². The van der Waals surface area contributed by atoms with Crippen molar-refractivity contribution in [3.63, 3.8) is 0 Å². The molecule has 0 fully saturated rings. The minimum absolute atomic E-state index is 0.0770. The van der Waals surface area contributed by atoms with Gasteiger partial charge in [-0.1, -0.05) is 13.0 Å². The van der Waals surface area contributed by atoms with E-state index < -0.39 is 4.92 Å². The molecule has 0 radical (unpaired) electrons. The number of rotatable bonds is 9. The van der Waals surface area contributed by atoms with Crippen LogP contribution in [-0.4, -0.2) is 34.1 Å². The number of nitrogens with zero attached hydrogens (tertiary/aromatic N) is 3. The van der Waals surface area contributed by atoms with Crippen LogP contribution in [0.3, 0.4) is 0 Å². The average Bonchev–Trinajstić information content (AvgIpc) is 3.33.